The number of rotatable bonds is 7. The highest BCUT2D eigenvalue weighted by atomic mass is 32.2. The Bertz CT molecular complexity index is 801. The Kier molecular flexibility index (Phi) is 6.82. The van der Waals surface area contributed by atoms with Crippen molar-refractivity contribution in [1.82, 2.24) is 14.9 Å². The second kappa shape index (κ2) is 8.85. The molecule has 2 rings (SSSR count). The quantitative estimate of drug-likeness (QED) is 0.609. The molecular formula is C19H25N3O2S. The van der Waals surface area contributed by atoms with E-state index in [1.54, 1.807) is 11.9 Å². The summed E-state index contributed by atoms with van der Waals surface area (Å²) in [5, 5.41) is 0.504. The molecule has 0 spiro atoms. The number of amides is 1. The van der Waals surface area contributed by atoms with Gasteiger partial charge < -0.3 is 9.88 Å². The van der Waals surface area contributed by atoms with Crippen LogP contribution >= 0.6 is 11.8 Å². The van der Waals surface area contributed by atoms with E-state index >= 15 is 0 Å². The van der Waals surface area contributed by atoms with E-state index in [1.165, 1.54) is 29.0 Å². The Balaban J connectivity index is 1.96. The van der Waals surface area contributed by atoms with Crippen LogP contribution in [0, 0.1) is 13.8 Å². The number of nitrogens with zero attached hydrogens (tertiary/aromatic N) is 2. The van der Waals surface area contributed by atoms with Gasteiger partial charge in [0, 0.05) is 25.4 Å². The van der Waals surface area contributed by atoms with Crippen LogP contribution in [0.25, 0.3) is 0 Å². The highest BCUT2D eigenvalue weighted by Gasteiger charge is 2.12. The number of carbonyl (C=O) groups is 1. The van der Waals surface area contributed by atoms with Gasteiger partial charge in [-0.15, -0.1) is 0 Å². The van der Waals surface area contributed by atoms with Gasteiger partial charge in [-0.2, -0.15) is 0 Å². The molecule has 134 valence electrons. The molecule has 0 saturated carbocycles. The smallest absolute Gasteiger partial charge is 0.251 e. The van der Waals surface area contributed by atoms with Crippen LogP contribution in [0.2, 0.25) is 0 Å². The first-order valence-electron chi connectivity index (χ1n) is 8.42. The molecule has 0 saturated heterocycles. The van der Waals surface area contributed by atoms with Crippen molar-refractivity contribution in [2.75, 3.05) is 12.8 Å². The van der Waals surface area contributed by atoms with Crippen molar-refractivity contribution in [2.45, 2.75) is 45.3 Å². The van der Waals surface area contributed by atoms with Crippen LogP contribution in [0.1, 0.15) is 35.7 Å². The summed E-state index contributed by atoms with van der Waals surface area (Å²) >= 11 is 1.27. The average Bonchev–Trinajstić information content (AvgIpc) is 2.55. The van der Waals surface area contributed by atoms with E-state index in [1.807, 2.05) is 6.92 Å². The van der Waals surface area contributed by atoms with Crippen LogP contribution in [0.5, 0.6) is 0 Å². The highest BCUT2D eigenvalue weighted by molar-refractivity contribution is 7.99. The molecule has 0 atom stereocenters. The molecule has 0 aliphatic carbocycles. The van der Waals surface area contributed by atoms with E-state index in [0.29, 0.717) is 11.7 Å². The van der Waals surface area contributed by atoms with Crippen LogP contribution in [0.15, 0.2) is 34.2 Å². The molecular weight excluding hydrogens is 334 g/mol. The molecule has 0 aliphatic rings. The number of benzene rings is 1. The average molecular weight is 359 g/mol. The Morgan fingerprint density at radius 3 is 2.72 bits per heavy atom. The number of hydrogen-bond acceptors (Lipinski definition) is 4. The summed E-state index contributed by atoms with van der Waals surface area (Å²) in [5.74, 6) is 0.258. The summed E-state index contributed by atoms with van der Waals surface area (Å²) in [7, 11) is 1.80. The van der Waals surface area contributed by atoms with Crippen LogP contribution in [0.3, 0.4) is 0 Å². The number of aromatic amines is 1. The maximum atomic E-state index is 12.4. The zero-order valence-corrected chi connectivity index (χ0v) is 16.1. The standard InChI is InChI=1S/C19H25N3O2S/c1-5-6-16-10-17(23)21-19(20-16)25-12-18(24)22(4)11-15-8-7-13(2)9-14(15)3/h7-10H,5-6,11-12H2,1-4H3,(H,20,21,23). The maximum Gasteiger partial charge on any atom is 0.251 e. The lowest BCUT2D eigenvalue weighted by Crippen LogP contribution is -2.28. The van der Waals surface area contributed by atoms with Crippen molar-refractivity contribution < 1.29 is 4.79 Å². The van der Waals surface area contributed by atoms with Crippen LogP contribution in [-0.4, -0.2) is 33.6 Å². The molecule has 1 heterocycles. The van der Waals surface area contributed by atoms with Gasteiger partial charge in [0.25, 0.3) is 5.56 Å². The van der Waals surface area contributed by atoms with Gasteiger partial charge in [-0.05, 0) is 31.4 Å². The molecule has 0 unspecified atom stereocenters. The number of thioether (sulfide) groups is 1. The van der Waals surface area contributed by atoms with E-state index in [4.69, 9.17) is 0 Å². The van der Waals surface area contributed by atoms with Gasteiger partial charge in [-0.25, -0.2) is 4.98 Å². The van der Waals surface area contributed by atoms with E-state index < -0.39 is 0 Å². The van der Waals surface area contributed by atoms with E-state index in [2.05, 4.69) is 42.0 Å². The first-order chi connectivity index (χ1) is 11.9. The number of nitrogens with one attached hydrogen (secondary N) is 1. The molecule has 25 heavy (non-hydrogen) atoms. The van der Waals surface area contributed by atoms with Gasteiger partial charge in [0.05, 0.1) is 5.75 Å². The Labute approximate surface area is 152 Å². The number of aromatic nitrogens is 2. The number of hydrogen-bond donors (Lipinski definition) is 1. The molecule has 1 N–H and O–H groups in total. The lowest BCUT2D eigenvalue weighted by Gasteiger charge is -2.18. The van der Waals surface area contributed by atoms with E-state index in [-0.39, 0.29) is 17.2 Å². The summed E-state index contributed by atoms with van der Waals surface area (Å²) in [5.41, 5.74) is 4.14. The fourth-order valence-electron chi connectivity index (χ4n) is 2.54. The van der Waals surface area contributed by atoms with Gasteiger partial charge in [-0.1, -0.05) is 48.9 Å². The summed E-state index contributed by atoms with van der Waals surface area (Å²) in [6.07, 6.45) is 1.69. The molecule has 0 radical (unpaired) electrons. The fourth-order valence-corrected chi connectivity index (χ4v) is 3.38. The second-order valence-electron chi connectivity index (χ2n) is 6.26. The first-order valence-corrected chi connectivity index (χ1v) is 9.40. The van der Waals surface area contributed by atoms with Gasteiger partial charge in [0.15, 0.2) is 5.16 Å². The van der Waals surface area contributed by atoms with Crippen molar-refractivity contribution in [3.8, 4) is 0 Å². The SMILES string of the molecule is CCCc1cc(=O)[nH]c(SCC(=O)N(C)Cc2ccc(C)cc2C)n1. The molecule has 5 nitrogen and oxygen atoms in total. The highest BCUT2D eigenvalue weighted by Crippen LogP contribution is 2.15. The first kappa shape index (κ1) is 19.2. The third-order valence-corrected chi connectivity index (χ3v) is 4.80. The number of H-pyrrole nitrogens is 1. The zero-order chi connectivity index (χ0) is 18.4. The molecule has 1 amide bonds. The largest absolute Gasteiger partial charge is 0.341 e. The molecule has 6 heteroatoms. The van der Waals surface area contributed by atoms with E-state index in [9.17, 15) is 9.59 Å². The van der Waals surface area contributed by atoms with Crippen molar-refractivity contribution in [2.24, 2.45) is 0 Å². The lowest BCUT2D eigenvalue weighted by atomic mass is 10.1. The molecule has 1 aromatic heterocycles. The maximum absolute atomic E-state index is 12.4. The summed E-state index contributed by atoms with van der Waals surface area (Å²) in [4.78, 5) is 32.8. The zero-order valence-electron chi connectivity index (χ0n) is 15.3. The second-order valence-corrected chi connectivity index (χ2v) is 7.22. The Morgan fingerprint density at radius 1 is 1.28 bits per heavy atom. The predicted molar refractivity (Wildman–Crippen MR) is 102 cm³/mol. The van der Waals surface area contributed by atoms with Crippen molar-refractivity contribution in [3.63, 3.8) is 0 Å². The fraction of sp³-hybridized carbons (Fsp3) is 0.421. The van der Waals surface area contributed by atoms with Gasteiger partial charge in [0.1, 0.15) is 0 Å². The minimum atomic E-state index is -0.169. The van der Waals surface area contributed by atoms with Gasteiger partial charge in [0.2, 0.25) is 5.91 Å². The normalized spacial score (nSPS) is 10.7. The molecule has 0 bridgehead atoms. The Morgan fingerprint density at radius 2 is 2.04 bits per heavy atom. The van der Waals surface area contributed by atoms with Gasteiger partial charge in [-0.3, -0.25) is 9.59 Å². The van der Waals surface area contributed by atoms with Crippen molar-refractivity contribution in [1.29, 1.82) is 0 Å². The summed E-state index contributed by atoms with van der Waals surface area (Å²) < 4.78 is 0. The molecule has 1 aromatic carbocycles. The van der Waals surface area contributed by atoms with Crippen molar-refractivity contribution in [3.05, 3.63) is 57.0 Å². The third-order valence-electron chi connectivity index (χ3n) is 3.94. The minimum Gasteiger partial charge on any atom is -0.341 e. The lowest BCUT2D eigenvalue weighted by molar-refractivity contribution is -0.127. The summed E-state index contributed by atoms with van der Waals surface area (Å²) in [6, 6.07) is 7.76. The topological polar surface area (TPSA) is 66.1 Å². The van der Waals surface area contributed by atoms with Crippen molar-refractivity contribution >= 4 is 17.7 Å². The third kappa shape index (κ3) is 5.74. The molecule has 2 aromatic rings. The van der Waals surface area contributed by atoms with Crippen LogP contribution in [-0.2, 0) is 17.8 Å². The Hall–Kier alpha value is -2.08. The number of aryl methyl sites for hydroxylation is 3. The summed E-state index contributed by atoms with van der Waals surface area (Å²) in [6.45, 7) is 6.73. The molecule has 0 fully saturated rings. The predicted octanol–water partition coefficient (Wildman–Crippen LogP) is 3.09. The van der Waals surface area contributed by atoms with E-state index in [0.717, 1.165) is 24.1 Å². The minimum absolute atomic E-state index is 0.00789. The molecule has 0 aliphatic heterocycles. The monoisotopic (exact) mass is 359 g/mol. The van der Waals surface area contributed by atoms with Crippen LogP contribution in [0.4, 0.5) is 0 Å². The van der Waals surface area contributed by atoms with Crippen LogP contribution < -0.4 is 5.56 Å². The number of carbonyl (C=O) groups excluding carboxylic acids is 1. The van der Waals surface area contributed by atoms with Gasteiger partial charge >= 0.3 is 0 Å².